The zero-order valence-electron chi connectivity index (χ0n) is 12.4. The number of aliphatic hydroxyl groups is 3. The summed E-state index contributed by atoms with van der Waals surface area (Å²) in [7, 11) is 1.87. The lowest BCUT2D eigenvalue weighted by atomic mass is 10.1. The first-order valence-electron chi connectivity index (χ1n) is 7.22. The van der Waals surface area contributed by atoms with E-state index in [-0.39, 0.29) is 6.61 Å². The third-order valence-corrected chi connectivity index (χ3v) is 4.40. The highest BCUT2D eigenvalue weighted by atomic mass is 16.6. The van der Waals surface area contributed by atoms with Gasteiger partial charge in [-0.15, -0.1) is 0 Å². The van der Waals surface area contributed by atoms with E-state index in [1.807, 2.05) is 23.9 Å². The molecule has 0 bridgehead atoms. The molecule has 1 aliphatic rings. The Balaban J connectivity index is 2.01. The first-order valence-corrected chi connectivity index (χ1v) is 7.22. The molecule has 0 saturated carbocycles. The topological polar surface area (TPSA) is 132 Å². The van der Waals surface area contributed by atoms with Crippen LogP contribution >= 0.6 is 0 Å². The number of anilines is 1. The van der Waals surface area contributed by atoms with Gasteiger partial charge in [-0.1, -0.05) is 0 Å². The summed E-state index contributed by atoms with van der Waals surface area (Å²) in [6, 6.07) is 1.85. The van der Waals surface area contributed by atoms with E-state index in [0.717, 1.165) is 11.0 Å². The Morgan fingerprint density at radius 3 is 2.78 bits per heavy atom. The van der Waals surface area contributed by atoms with Gasteiger partial charge in [0.05, 0.1) is 23.0 Å². The first kappa shape index (κ1) is 14.4. The van der Waals surface area contributed by atoms with Gasteiger partial charge in [-0.25, -0.2) is 9.97 Å². The number of aryl methyl sites for hydroxylation is 1. The molecule has 4 rings (SSSR count). The molecule has 5 N–H and O–H groups in total. The van der Waals surface area contributed by atoms with Gasteiger partial charge in [0.1, 0.15) is 36.1 Å². The summed E-state index contributed by atoms with van der Waals surface area (Å²) in [5.41, 5.74) is 8.09. The number of nitrogens with zero attached hydrogens (tertiary/aromatic N) is 4. The standard InChI is InChI=1S/C14H17N5O4/c1-18-3-2-6-9(18)8-12(15)16-5-17-13(8)19(6)14-11(22)10(21)7(4-20)23-14/h2-3,5,7,10-11,14,20-22H,4H2,1H3,(H2,15,16,17). The van der Waals surface area contributed by atoms with Crippen LogP contribution in [0.1, 0.15) is 6.23 Å². The minimum Gasteiger partial charge on any atom is -0.394 e. The lowest BCUT2D eigenvalue weighted by molar-refractivity contribution is -0.0489. The molecule has 4 heterocycles. The minimum absolute atomic E-state index is 0.326. The van der Waals surface area contributed by atoms with Gasteiger partial charge in [0, 0.05) is 13.2 Å². The van der Waals surface area contributed by atoms with E-state index in [1.165, 1.54) is 6.33 Å². The average Bonchev–Trinajstić information content (AvgIpc) is 3.15. The number of nitrogen functional groups attached to an aromatic ring is 1. The number of aliphatic hydroxyl groups excluding tert-OH is 3. The number of hydrogen-bond acceptors (Lipinski definition) is 7. The molecule has 1 saturated heterocycles. The third kappa shape index (κ3) is 1.81. The maximum atomic E-state index is 10.3. The fraction of sp³-hybridized carbons (Fsp3) is 0.429. The summed E-state index contributed by atoms with van der Waals surface area (Å²) in [6.45, 7) is -0.386. The summed E-state index contributed by atoms with van der Waals surface area (Å²) in [6.07, 6.45) is -0.908. The molecule has 1 aliphatic heterocycles. The normalized spacial score (nSPS) is 28.2. The molecule has 4 unspecified atom stereocenters. The van der Waals surface area contributed by atoms with Crippen molar-refractivity contribution < 1.29 is 20.1 Å². The van der Waals surface area contributed by atoms with Crippen molar-refractivity contribution in [3.63, 3.8) is 0 Å². The molecule has 9 heteroatoms. The lowest BCUT2D eigenvalue weighted by Crippen LogP contribution is -2.33. The van der Waals surface area contributed by atoms with Crippen LogP contribution in [0.4, 0.5) is 5.82 Å². The molecule has 23 heavy (non-hydrogen) atoms. The van der Waals surface area contributed by atoms with Gasteiger partial charge in [-0.2, -0.15) is 0 Å². The van der Waals surface area contributed by atoms with Crippen LogP contribution in [0.5, 0.6) is 0 Å². The van der Waals surface area contributed by atoms with Crippen LogP contribution in [0.2, 0.25) is 0 Å². The van der Waals surface area contributed by atoms with Gasteiger partial charge in [0.2, 0.25) is 0 Å². The van der Waals surface area contributed by atoms with Gasteiger partial charge >= 0.3 is 0 Å². The Hall–Kier alpha value is -2.20. The zero-order valence-corrected chi connectivity index (χ0v) is 12.4. The molecule has 0 radical (unpaired) electrons. The second-order valence-electron chi connectivity index (χ2n) is 5.72. The Morgan fingerprint density at radius 1 is 1.30 bits per heavy atom. The average molecular weight is 319 g/mol. The van der Waals surface area contributed by atoms with E-state index >= 15 is 0 Å². The Bertz CT molecular complexity index is 888. The predicted octanol–water partition coefficient (Wildman–Crippen LogP) is -0.883. The largest absolute Gasteiger partial charge is 0.394 e. The number of nitrogens with two attached hydrogens (primary N) is 1. The van der Waals surface area contributed by atoms with Crippen molar-refractivity contribution in [1.82, 2.24) is 19.1 Å². The molecule has 1 fully saturated rings. The maximum Gasteiger partial charge on any atom is 0.165 e. The Morgan fingerprint density at radius 2 is 2.09 bits per heavy atom. The molecule has 0 aromatic carbocycles. The number of ether oxygens (including phenoxy) is 1. The molecular weight excluding hydrogens is 302 g/mol. The van der Waals surface area contributed by atoms with Gasteiger partial charge in [-0.3, -0.25) is 4.57 Å². The van der Waals surface area contributed by atoms with Crippen LogP contribution in [0.3, 0.4) is 0 Å². The van der Waals surface area contributed by atoms with Crippen LogP contribution in [-0.4, -0.2) is 59.3 Å². The van der Waals surface area contributed by atoms with Gasteiger partial charge in [0.15, 0.2) is 6.23 Å². The minimum atomic E-state index is -1.19. The molecule has 0 spiro atoms. The lowest BCUT2D eigenvalue weighted by Gasteiger charge is -2.18. The second-order valence-corrected chi connectivity index (χ2v) is 5.72. The van der Waals surface area contributed by atoms with Crippen molar-refractivity contribution in [1.29, 1.82) is 0 Å². The van der Waals surface area contributed by atoms with Crippen molar-refractivity contribution >= 4 is 27.9 Å². The van der Waals surface area contributed by atoms with Crippen LogP contribution < -0.4 is 5.73 Å². The van der Waals surface area contributed by atoms with Gasteiger partial charge < -0.3 is 30.4 Å². The fourth-order valence-electron chi connectivity index (χ4n) is 3.28. The molecule has 4 atom stereocenters. The summed E-state index contributed by atoms with van der Waals surface area (Å²) < 4.78 is 9.22. The Kier molecular flexibility index (Phi) is 3.07. The predicted molar refractivity (Wildman–Crippen MR) is 81.4 cm³/mol. The van der Waals surface area contributed by atoms with Crippen molar-refractivity contribution in [2.24, 2.45) is 7.05 Å². The van der Waals surface area contributed by atoms with Crippen molar-refractivity contribution in [3.8, 4) is 0 Å². The van der Waals surface area contributed by atoms with E-state index < -0.39 is 24.5 Å². The molecule has 3 aromatic rings. The van der Waals surface area contributed by atoms with E-state index in [9.17, 15) is 15.3 Å². The van der Waals surface area contributed by atoms with Crippen molar-refractivity contribution in [2.75, 3.05) is 12.3 Å². The zero-order chi connectivity index (χ0) is 16.3. The van der Waals surface area contributed by atoms with Crippen LogP contribution in [-0.2, 0) is 11.8 Å². The highest BCUT2D eigenvalue weighted by molar-refractivity contribution is 6.09. The summed E-state index contributed by atoms with van der Waals surface area (Å²) in [5, 5.41) is 30.3. The van der Waals surface area contributed by atoms with Gasteiger partial charge in [0.25, 0.3) is 0 Å². The van der Waals surface area contributed by atoms with Crippen LogP contribution in [0, 0.1) is 0 Å². The Labute approximate surface area is 130 Å². The highest BCUT2D eigenvalue weighted by Crippen LogP contribution is 2.38. The van der Waals surface area contributed by atoms with E-state index in [0.29, 0.717) is 16.9 Å². The quantitative estimate of drug-likeness (QED) is 0.482. The SMILES string of the molecule is Cn1ccc2c1c1c(N)ncnc1n2C1OC(CO)C(O)C1O. The summed E-state index contributed by atoms with van der Waals surface area (Å²) in [4.78, 5) is 8.30. The number of rotatable bonds is 2. The van der Waals surface area contributed by atoms with Crippen molar-refractivity contribution in [3.05, 3.63) is 18.6 Å². The molecule has 0 amide bonds. The molecular formula is C14H17N5O4. The molecule has 122 valence electrons. The first-order chi connectivity index (χ1) is 11.0. The molecule has 0 aliphatic carbocycles. The summed E-state index contributed by atoms with van der Waals surface area (Å²) in [5.74, 6) is 0.326. The number of fused-ring (bicyclic) bond motifs is 3. The second kappa shape index (κ2) is 4.90. The van der Waals surface area contributed by atoms with E-state index in [2.05, 4.69) is 9.97 Å². The van der Waals surface area contributed by atoms with E-state index in [1.54, 1.807) is 4.57 Å². The van der Waals surface area contributed by atoms with Crippen LogP contribution in [0.25, 0.3) is 22.1 Å². The molecule has 9 nitrogen and oxygen atoms in total. The third-order valence-electron chi connectivity index (χ3n) is 4.40. The number of aromatic nitrogens is 4. The van der Waals surface area contributed by atoms with E-state index in [4.69, 9.17) is 10.5 Å². The smallest absolute Gasteiger partial charge is 0.165 e. The molecule has 3 aromatic heterocycles. The van der Waals surface area contributed by atoms with Crippen LogP contribution in [0.15, 0.2) is 18.6 Å². The van der Waals surface area contributed by atoms with Crippen molar-refractivity contribution in [2.45, 2.75) is 24.5 Å². The summed E-state index contributed by atoms with van der Waals surface area (Å²) >= 11 is 0. The van der Waals surface area contributed by atoms with Gasteiger partial charge in [-0.05, 0) is 6.07 Å². The highest BCUT2D eigenvalue weighted by Gasteiger charge is 2.44. The maximum absolute atomic E-state index is 10.3. The fourth-order valence-corrected chi connectivity index (χ4v) is 3.28. The monoisotopic (exact) mass is 319 g/mol. The number of hydrogen-bond donors (Lipinski definition) is 4.